The second-order valence-electron chi connectivity index (χ2n) is 4.22. The molecule has 0 fully saturated rings. The first-order chi connectivity index (χ1) is 11.5. The number of ether oxygens (including phenoxy) is 3. The first-order valence-electron chi connectivity index (χ1n) is 7.33. The molecular formula is C12H26N3O6S3+3. The average Bonchev–Trinajstić information content (AvgIpc) is 2.58. The molecule has 0 radical (unpaired) electrons. The molecule has 0 aromatic rings. The monoisotopic (exact) mass is 404 g/mol. The smallest absolute Gasteiger partial charge is 0.368 e. The summed E-state index contributed by atoms with van der Waals surface area (Å²) >= 11 is 2.95. The molecular weight excluding hydrogens is 378 g/mol. The molecule has 0 saturated heterocycles. The van der Waals surface area contributed by atoms with Crippen molar-refractivity contribution in [3.63, 3.8) is 0 Å². The molecule has 0 bridgehead atoms. The average molecular weight is 405 g/mol. The predicted molar refractivity (Wildman–Crippen MR) is 93.6 cm³/mol. The summed E-state index contributed by atoms with van der Waals surface area (Å²) in [5.41, 5.74) is 10.9. The summed E-state index contributed by atoms with van der Waals surface area (Å²) in [6.45, 7) is 1.43. The van der Waals surface area contributed by atoms with Crippen LogP contribution in [0.2, 0.25) is 0 Å². The zero-order valence-electron chi connectivity index (χ0n) is 13.5. The fourth-order valence-electron chi connectivity index (χ4n) is 1.16. The number of rotatable bonds is 11. The van der Waals surface area contributed by atoms with E-state index in [1.165, 1.54) is 0 Å². The minimum absolute atomic E-state index is 0.174. The third-order valence-electron chi connectivity index (χ3n) is 2.13. The van der Waals surface area contributed by atoms with Gasteiger partial charge in [-0.15, -0.1) is 0 Å². The van der Waals surface area contributed by atoms with Gasteiger partial charge < -0.3 is 31.4 Å². The van der Waals surface area contributed by atoms with E-state index < -0.39 is 22.0 Å². The quantitative estimate of drug-likeness (QED) is 0.280. The van der Waals surface area contributed by atoms with E-state index in [1.807, 2.05) is 0 Å². The van der Waals surface area contributed by atoms with Crippen LogP contribution in [0.15, 0.2) is 0 Å². The Kier molecular flexibility index (Phi) is 15.4. The second-order valence-corrected chi connectivity index (χ2v) is 7.31. The number of carbonyl (C=O) groups is 3. The predicted octanol–water partition coefficient (Wildman–Crippen LogP) is -1.31. The van der Waals surface area contributed by atoms with Crippen molar-refractivity contribution in [1.29, 1.82) is 0 Å². The molecule has 0 atom stereocenters. The highest BCUT2D eigenvalue weighted by Gasteiger charge is 2.20. The third kappa shape index (κ3) is 13.7. The molecule has 0 heterocycles. The van der Waals surface area contributed by atoms with Crippen molar-refractivity contribution < 1.29 is 45.8 Å². The lowest BCUT2D eigenvalue weighted by Gasteiger charge is -2.17. The van der Waals surface area contributed by atoms with Gasteiger partial charge >= 0.3 is 15.9 Å². The molecule has 0 aliphatic heterocycles. The summed E-state index contributed by atoms with van der Waals surface area (Å²) in [5, 5.41) is -1.49. The van der Waals surface area contributed by atoms with Crippen LogP contribution in [-0.2, 0) is 14.2 Å². The van der Waals surface area contributed by atoms with E-state index in [2.05, 4.69) is 17.2 Å². The van der Waals surface area contributed by atoms with Crippen LogP contribution in [0.4, 0.5) is 14.4 Å². The van der Waals surface area contributed by atoms with Gasteiger partial charge in [-0.1, -0.05) is 0 Å². The Hall–Kier alpha value is -0.660. The molecule has 0 unspecified atom stereocenters. The largest absolute Gasteiger partial charge is 0.453 e. The fourth-order valence-corrected chi connectivity index (χ4v) is 2.60. The lowest BCUT2D eigenvalue weighted by molar-refractivity contribution is -0.360. The van der Waals surface area contributed by atoms with Crippen LogP contribution in [0.5, 0.6) is 0 Å². The minimum atomic E-state index is -0.844. The summed E-state index contributed by atoms with van der Waals surface area (Å²) in [6.07, 6.45) is -0.844. The summed E-state index contributed by atoms with van der Waals surface area (Å²) in [4.78, 5) is 34.6. The molecule has 0 amide bonds. The van der Waals surface area contributed by atoms with Crippen molar-refractivity contribution in [3.05, 3.63) is 0 Å². The maximum Gasteiger partial charge on any atom is 0.368 e. The molecule has 9 nitrogen and oxygen atoms in total. The molecule has 24 heavy (non-hydrogen) atoms. The molecule has 0 aromatic carbocycles. The van der Waals surface area contributed by atoms with Gasteiger partial charge in [-0.05, 0) is 35.3 Å². The van der Waals surface area contributed by atoms with Gasteiger partial charge in [0.25, 0.3) is 0 Å². The van der Waals surface area contributed by atoms with Crippen LogP contribution in [0.25, 0.3) is 0 Å². The molecule has 140 valence electrons. The third-order valence-corrected chi connectivity index (χ3v) is 4.65. The van der Waals surface area contributed by atoms with Gasteiger partial charge in [-0.3, -0.25) is 0 Å². The molecule has 0 spiro atoms. The molecule has 0 aliphatic carbocycles. The Balaban J connectivity index is 4.34. The van der Waals surface area contributed by atoms with Crippen LogP contribution in [0.3, 0.4) is 0 Å². The second kappa shape index (κ2) is 15.8. The highest BCUT2D eigenvalue weighted by Crippen LogP contribution is 2.11. The van der Waals surface area contributed by atoms with E-state index in [1.54, 1.807) is 0 Å². The van der Waals surface area contributed by atoms with Crippen molar-refractivity contribution in [2.45, 2.75) is 6.10 Å². The Morgan fingerprint density at radius 2 is 1.08 bits per heavy atom. The van der Waals surface area contributed by atoms with Crippen molar-refractivity contribution in [3.8, 4) is 0 Å². The molecule has 9 N–H and O–H groups in total. The van der Waals surface area contributed by atoms with Gasteiger partial charge in [0.2, 0.25) is 0 Å². The fraction of sp³-hybridized carbons (Fsp3) is 0.750. The minimum Gasteiger partial charge on any atom is -0.453 e. The normalized spacial score (nSPS) is 10.5. The van der Waals surface area contributed by atoms with Gasteiger partial charge in [0.1, 0.15) is 13.2 Å². The zero-order chi connectivity index (χ0) is 18.2. The maximum atomic E-state index is 11.7. The Labute approximate surface area is 153 Å². The van der Waals surface area contributed by atoms with E-state index in [0.717, 1.165) is 35.3 Å². The highest BCUT2D eigenvalue weighted by molar-refractivity contribution is 8.13. The molecule has 0 aliphatic rings. The van der Waals surface area contributed by atoms with Crippen molar-refractivity contribution in [2.75, 3.05) is 50.1 Å². The van der Waals surface area contributed by atoms with E-state index in [4.69, 9.17) is 14.2 Å². The molecule has 12 heteroatoms. The summed E-state index contributed by atoms with van der Waals surface area (Å²) < 4.78 is 15.2. The van der Waals surface area contributed by atoms with Crippen molar-refractivity contribution >= 4 is 51.2 Å². The zero-order valence-corrected chi connectivity index (χ0v) is 16.0. The molecule has 0 rings (SSSR count). The van der Waals surface area contributed by atoms with Crippen LogP contribution in [0.1, 0.15) is 0 Å². The van der Waals surface area contributed by atoms with E-state index in [9.17, 15) is 14.4 Å². The highest BCUT2D eigenvalue weighted by atomic mass is 32.2. The van der Waals surface area contributed by atoms with E-state index in [0.29, 0.717) is 36.9 Å². The number of carbonyl (C=O) groups excluding carboxylic acids is 3. The van der Waals surface area contributed by atoms with Crippen LogP contribution in [-0.4, -0.2) is 72.1 Å². The SMILES string of the molecule is [NH3+]CCSC(=O)OCC(COC(=O)SCC[NH3+])OC(=O)SCC[NH3+]. The standard InChI is InChI=1S/C12H23N3O6S3/c13-1-4-22-10(16)19-7-9(21-12(18)24-6-3-15)8-20-11(17)23-5-2-14/h9H,1-8,13-15H2/p+3. The van der Waals surface area contributed by atoms with Gasteiger partial charge in [0.15, 0.2) is 6.10 Å². The Morgan fingerprint density at radius 1 is 0.708 bits per heavy atom. The van der Waals surface area contributed by atoms with Crippen LogP contribution < -0.4 is 17.2 Å². The maximum absolute atomic E-state index is 11.7. The van der Waals surface area contributed by atoms with Gasteiger partial charge in [-0.2, -0.15) is 0 Å². The lowest BCUT2D eigenvalue weighted by atomic mass is 10.4. The first-order valence-corrected chi connectivity index (χ1v) is 10.3. The topological polar surface area (TPSA) is 162 Å². The summed E-state index contributed by atoms with van der Waals surface area (Å²) in [6, 6.07) is 0. The summed E-state index contributed by atoms with van der Waals surface area (Å²) in [7, 11) is 0. The van der Waals surface area contributed by atoms with E-state index in [-0.39, 0.29) is 13.2 Å². The first kappa shape index (κ1) is 23.3. The number of hydrogen-bond donors (Lipinski definition) is 3. The summed E-state index contributed by atoms with van der Waals surface area (Å²) in [5.74, 6) is 1.60. The number of thioether (sulfide) groups is 3. The Bertz CT molecular complexity index is 365. The molecule has 0 saturated carbocycles. The van der Waals surface area contributed by atoms with Crippen molar-refractivity contribution in [2.24, 2.45) is 0 Å². The van der Waals surface area contributed by atoms with Crippen LogP contribution >= 0.6 is 35.3 Å². The van der Waals surface area contributed by atoms with E-state index >= 15 is 0 Å². The van der Waals surface area contributed by atoms with Crippen LogP contribution in [0, 0.1) is 0 Å². The van der Waals surface area contributed by atoms with Gasteiger partial charge in [0.05, 0.1) is 36.9 Å². The number of hydrogen-bond acceptors (Lipinski definition) is 9. The van der Waals surface area contributed by atoms with Gasteiger partial charge in [-0.25, -0.2) is 14.4 Å². The number of quaternary nitrogens is 3. The van der Waals surface area contributed by atoms with Crippen molar-refractivity contribution in [1.82, 2.24) is 0 Å². The van der Waals surface area contributed by atoms with Gasteiger partial charge in [0, 0.05) is 0 Å². The lowest BCUT2D eigenvalue weighted by Crippen LogP contribution is -2.51. The Morgan fingerprint density at radius 3 is 1.46 bits per heavy atom. The molecule has 0 aromatic heterocycles.